The third-order valence-electron chi connectivity index (χ3n) is 3.17. The lowest BCUT2D eigenvalue weighted by atomic mass is 10.2. The maximum atomic E-state index is 13.6. The second kappa shape index (κ2) is 8.20. The van der Waals surface area contributed by atoms with Crippen LogP contribution < -0.4 is 10.6 Å². The average molecular weight is 397 g/mol. The van der Waals surface area contributed by atoms with Gasteiger partial charge in [0.25, 0.3) is 11.6 Å². The van der Waals surface area contributed by atoms with Gasteiger partial charge in [0, 0.05) is 18.0 Å². The first-order chi connectivity index (χ1) is 12.7. The normalized spacial score (nSPS) is 10.9. The van der Waals surface area contributed by atoms with E-state index in [-0.39, 0.29) is 10.7 Å². The van der Waals surface area contributed by atoms with Crippen LogP contribution >= 0.6 is 11.6 Å². The fourth-order valence-electron chi connectivity index (χ4n) is 1.86. The topological polar surface area (TPSA) is 108 Å². The molecule has 2 aromatic carbocycles. The molecule has 0 spiro atoms. The maximum Gasteiger partial charge on any atom is 0.289 e. The number of anilines is 2. The number of nitriles is 1. The van der Waals surface area contributed by atoms with Gasteiger partial charge in [-0.2, -0.15) is 5.26 Å². The van der Waals surface area contributed by atoms with Crippen LogP contribution in [-0.4, -0.2) is 10.8 Å². The van der Waals surface area contributed by atoms with Crippen LogP contribution in [-0.2, 0) is 4.79 Å². The Balaban J connectivity index is 2.20. The van der Waals surface area contributed by atoms with Crippen LogP contribution in [0.25, 0.3) is 0 Å². The Kier molecular flexibility index (Phi) is 5.99. The molecule has 0 bridgehead atoms. The van der Waals surface area contributed by atoms with Gasteiger partial charge in [-0.1, -0.05) is 11.6 Å². The quantitative estimate of drug-likeness (QED) is 0.260. The van der Waals surface area contributed by atoms with Crippen molar-refractivity contribution in [2.75, 3.05) is 10.6 Å². The molecule has 7 nitrogen and oxygen atoms in total. The maximum absolute atomic E-state index is 13.6. The molecule has 0 aliphatic carbocycles. The summed E-state index contributed by atoms with van der Waals surface area (Å²) in [4.78, 5) is 22.1. The molecule has 11 heteroatoms. The number of nitrogens with zero attached hydrogens (tertiary/aromatic N) is 2. The highest BCUT2D eigenvalue weighted by Crippen LogP contribution is 2.27. The number of nitrogens with one attached hydrogen (secondary N) is 2. The molecule has 0 unspecified atom stereocenters. The first kappa shape index (κ1) is 19.7. The van der Waals surface area contributed by atoms with E-state index in [0.717, 1.165) is 18.3 Å². The Bertz CT molecular complexity index is 1010. The molecule has 0 heterocycles. The number of carbonyl (C=O) groups is 1. The number of nitro benzene ring substituents is 1. The average Bonchev–Trinajstić information content (AvgIpc) is 2.63. The summed E-state index contributed by atoms with van der Waals surface area (Å²) in [5.74, 6) is -5.63. The molecule has 0 aliphatic rings. The van der Waals surface area contributed by atoms with Gasteiger partial charge < -0.3 is 10.6 Å². The second-order valence-corrected chi connectivity index (χ2v) is 5.32. The summed E-state index contributed by atoms with van der Waals surface area (Å²) < 4.78 is 39.6. The molecule has 2 rings (SSSR count). The van der Waals surface area contributed by atoms with Gasteiger partial charge in [0.1, 0.15) is 16.7 Å². The SMILES string of the molecule is N#C/C(=C/Nc1ccc(F)c(F)c1F)C(=O)Nc1ccc(Cl)c([N+](=O)[O-])c1. The van der Waals surface area contributed by atoms with Crippen molar-refractivity contribution in [2.45, 2.75) is 0 Å². The van der Waals surface area contributed by atoms with E-state index in [1.165, 1.54) is 18.2 Å². The van der Waals surface area contributed by atoms with E-state index in [4.69, 9.17) is 16.9 Å². The van der Waals surface area contributed by atoms with Gasteiger partial charge in [-0.3, -0.25) is 14.9 Å². The third kappa shape index (κ3) is 4.53. The van der Waals surface area contributed by atoms with Gasteiger partial charge in [-0.05, 0) is 24.3 Å². The number of hydrogen-bond donors (Lipinski definition) is 2. The van der Waals surface area contributed by atoms with Crippen molar-refractivity contribution in [3.8, 4) is 6.07 Å². The van der Waals surface area contributed by atoms with Gasteiger partial charge in [0.15, 0.2) is 17.5 Å². The lowest BCUT2D eigenvalue weighted by molar-refractivity contribution is -0.384. The summed E-state index contributed by atoms with van der Waals surface area (Å²) in [6.45, 7) is 0. The molecule has 0 saturated heterocycles. The Morgan fingerprint density at radius 1 is 1.22 bits per heavy atom. The largest absolute Gasteiger partial charge is 0.358 e. The molecule has 0 atom stereocenters. The third-order valence-corrected chi connectivity index (χ3v) is 3.49. The number of hydrogen-bond acceptors (Lipinski definition) is 5. The molecule has 138 valence electrons. The molecule has 0 radical (unpaired) electrons. The number of halogens is 4. The fraction of sp³-hybridized carbons (Fsp3) is 0. The summed E-state index contributed by atoms with van der Waals surface area (Å²) in [6.07, 6.45) is 0.773. The van der Waals surface area contributed by atoms with Crippen molar-refractivity contribution in [2.24, 2.45) is 0 Å². The van der Waals surface area contributed by atoms with Gasteiger partial charge in [-0.25, -0.2) is 13.2 Å². The number of amides is 1. The van der Waals surface area contributed by atoms with Gasteiger partial charge in [0.2, 0.25) is 0 Å². The second-order valence-electron chi connectivity index (χ2n) is 4.91. The van der Waals surface area contributed by atoms with E-state index >= 15 is 0 Å². The Morgan fingerprint density at radius 2 is 1.93 bits per heavy atom. The molecular weight excluding hydrogens is 389 g/mol. The minimum Gasteiger partial charge on any atom is -0.358 e. The van der Waals surface area contributed by atoms with E-state index in [9.17, 15) is 28.1 Å². The Hall–Kier alpha value is -3.58. The van der Waals surface area contributed by atoms with Gasteiger partial charge in [0.05, 0.1) is 10.6 Å². The van der Waals surface area contributed by atoms with Crippen molar-refractivity contribution in [3.63, 3.8) is 0 Å². The van der Waals surface area contributed by atoms with Crippen LogP contribution in [0.15, 0.2) is 42.1 Å². The van der Waals surface area contributed by atoms with Crippen LogP contribution in [0.1, 0.15) is 0 Å². The molecule has 0 fully saturated rings. The number of nitro groups is 1. The van der Waals surface area contributed by atoms with E-state index in [1.54, 1.807) is 0 Å². The standard InChI is InChI=1S/C16H8ClF3N4O3/c17-10-2-1-9(5-13(10)24(26)27)23-16(25)8(6-21)7-22-12-4-3-11(18)14(19)15(12)20/h1-5,7,22H,(H,23,25)/b8-7-. The molecule has 0 aliphatic heterocycles. The van der Waals surface area contributed by atoms with Crippen molar-refractivity contribution in [1.29, 1.82) is 5.26 Å². The molecule has 27 heavy (non-hydrogen) atoms. The van der Waals surface area contributed by atoms with Crippen molar-refractivity contribution in [3.05, 3.63) is 74.7 Å². The summed E-state index contributed by atoms with van der Waals surface area (Å²) in [5.41, 5.74) is -1.54. The lowest BCUT2D eigenvalue weighted by Gasteiger charge is -2.07. The van der Waals surface area contributed by atoms with Crippen molar-refractivity contribution < 1.29 is 22.9 Å². The predicted molar refractivity (Wildman–Crippen MR) is 90.4 cm³/mol. The summed E-state index contributed by atoms with van der Waals surface area (Å²) in [5, 5.41) is 24.1. The molecule has 0 saturated carbocycles. The molecule has 2 N–H and O–H groups in total. The zero-order chi connectivity index (χ0) is 20.1. The summed E-state index contributed by atoms with van der Waals surface area (Å²) >= 11 is 5.65. The lowest BCUT2D eigenvalue weighted by Crippen LogP contribution is -2.15. The molecule has 0 aromatic heterocycles. The monoisotopic (exact) mass is 396 g/mol. The zero-order valence-electron chi connectivity index (χ0n) is 13.1. The van der Waals surface area contributed by atoms with E-state index in [2.05, 4.69) is 10.6 Å². The van der Waals surface area contributed by atoms with E-state index in [0.29, 0.717) is 6.07 Å². The van der Waals surface area contributed by atoms with Crippen LogP contribution in [0, 0.1) is 38.9 Å². The highest BCUT2D eigenvalue weighted by atomic mass is 35.5. The molecular formula is C16H8ClF3N4O3. The molecule has 1 amide bonds. The van der Waals surface area contributed by atoms with Gasteiger partial charge >= 0.3 is 0 Å². The highest BCUT2D eigenvalue weighted by molar-refractivity contribution is 6.32. The molecule has 2 aromatic rings. The fourth-order valence-corrected chi connectivity index (χ4v) is 2.05. The van der Waals surface area contributed by atoms with Gasteiger partial charge in [-0.15, -0.1) is 0 Å². The number of benzene rings is 2. The minimum atomic E-state index is -1.72. The Morgan fingerprint density at radius 3 is 2.56 bits per heavy atom. The van der Waals surface area contributed by atoms with Crippen LogP contribution in [0.3, 0.4) is 0 Å². The van der Waals surface area contributed by atoms with Crippen molar-refractivity contribution in [1.82, 2.24) is 0 Å². The summed E-state index contributed by atoms with van der Waals surface area (Å²) in [6, 6.07) is 6.49. The highest BCUT2D eigenvalue weighted by Gasteiger charge is 2.16. The van der Waals surface area contributed by atoms with Crippen LogP contribution in [0.2, 0.25) is 5.02 Å². The minimum absolute atomic E-state index is 0.0174. The summed E-state index contributed by atoms with van der Waals surface area (Å²) in [7, 11) is 0. The zero-order valence-corrected chi connectivity index (χ0v) is 13.9. The Labute approximate surface area is 154 Å². The number of carbonyl (C=O) groups excluding carboxylic acids is 1. The van der Waals surface area contributed by atoms with E-state index < -0.39 is 45.2 Å². The van der Waals surface area contributed by atoms with Crippen molar-refractivity contribution >= 4 is 34.6 Å². The number of rotatable bonds is 5. The van der Waals surface area contributed by atoms with E-state index in [1.807, 2.05) is 0 Å². The van der Waals surface area contributed by atoms with Crippen LogP contribution in [0.5, 0.6) is 0 Å². The smallest absolute Gasteiger partial charge is 0.289 e. The predicted octanol–water partition coefficient (Wildman–Crippen LogP) is 4.12. The first-order valence-electron chi connectivity index (χ1n) is 7.00. The van der Waals surface area contributed by atoms with Crippen LogP contribution in [0.4, 0.5) is 30.2 Å². The first-order valence-corrected chi connectivity index (χ1v) is 7.38.